The number of hydrogen-bond acceptors (Lipinski definition) is 3. The summed E-state index contributed by atoms with van der Waals surface area (Å²) in [5.74, 6) is -0.238. The molecule has 0 heterocycles. The number of allylic oxidation sites excluding steroid dienone is 2. The van der Waals surface area contributed by atoms with E-state index in [0.29, 0.717) is 6.61 Å². The van der Waals surface area contributed by atoms with Gasteiger partial charge in [0.2, 0.25) is 0 Å². The van der Waals surface area contributed by atoms with Gasteiger partial charge in [-0.1, -0.05) is 6.08 Å². The summed E-state index contributed by atoms with van der Waals surface area (Å²) in [4.78, 5) is 20.1. The molecule has 0 saturated carbocycles. The Hall–Kier alpha value is -1.12. The lowest BCUT2D eigenvalue weighted by Gasteiger charge is -1.98. The van der Waals surface area contributed by atoms with Gasteiger partial charge in [0.25, 0.3) is 0 Å². The van der Waals surface area contributed by atoms with Crippen molar-refractivity contribution < 1.29 is 14.3 Å². The lowest BCUT2D eigenvalue weighted by Crippen LogP contribution is -1.99. The van der Waals surface area contributed by atoms with Crippen molar-refractivity contribution in [3.63, 3.8) is 0 Å². The van der Waals surface area contributed by atoms with E-state index in [-0.39, 0.29) is 5.97 Å². The predicted octanol–water partition coefficient (Wildman–Crippen LogP) is 1.47. The Balaban J connectivity index is 3.05. The second-order valence-corrected chi connectivity index (χ2v) is 2.40. The molecule has 0 aliphatic heterocycles. The highest BCUT2D eigenvalue weighted by Gasteiger charge is 1.90. The molecule has 0 unspecified atom stereocenters. The molecular formula is C9H14O3. The van der Waals surface area contributed by atoms with Crippen LogP contribution < -0.4 is 0 Å². The number of carbonyl (C=O) groups excluding carboxylic acids is 2. The summed E-state index contributed by atoms with van der Waals surface area (Å²) in [5.41, 5.74) is 0. The van der Waals surface area contributed by atoms with Crippen molar-refractivity contribution in [2.75, 3.05) is 6.61 Å². The van der Waals surface area contributed by atoms with Crippen molar-refractivity contribution in [3.8, 4) is 0 Å². The third-order valence-electron chi connectivity index (χ3n) is 1.29. The molecule has 0 N–H and O–H groups in total. The molecule has 3 heteroatoms. The quantitative estimate of drug-likeness (QED) is 0.262. The van der Waals surface area contributed by atoms with Gasteiger partial charge >= 0.3 is 5.97 Å². The van der Waals surface area contributed by atoms with Crippen LogP contribution in [0.1, 0.15) is 26.2 Å². The Morgan fingerprint density at radius 3 is 2.75 bits per heavy atom. The number of rotatable bonds is 6. The number of esters is 1. The molecule has 0 saturated heterocycles. The zero-order valence-electron chi connectivity index (χ0n) is 7.29. The van der Waals surface area contributed by atoms with Crippen LogP contribution in [0.2, 0.25) is 0 Å². The van der Waals surface area contributed by atoms with Gasteiger partial charge in [-0.25, -0.2) is 0 Å². The molecule has 0 aromatic carbocycles. The number of unbranched alkanes of at least 4 members (excludes halogenated alkanes) is 2. The number of ether oxygens (including phenoxy) is 1. The molecule has 0 aromatic rings. The highest BCUT2D eigenvalue weighted by Crippen LogP contribution is 1.96. The molecule has 0 rings (SSSR count). The Labute approximate surface area is 72.4 Å². The summed E-state index contributed by atoms with van der Waals surface area (Å²) < 4.78 is 4.72. The molecule has 0 aliphatic carbocycles. The average Bonchev–Trinajstić information content (AvgIpc) is 2.02. The number of carbonyl (C=O) groups is 2. The molecule has 68 valence electrons. The van der Waals surface area contributed by atoms with Crippen LogP contribution in [-0.4, -0.2) is 18.9 Å². The summed E-state index contributed by atoms with van der Waals surface area (Å²) in [5, 5.41) is 0. The monoisotopic (exact) mass is 170 g/mol. The van der Waals surface area contributed by atoms with E-state index in [4.69, 9.17) is 4.74 Å². The van der Waals surface area contributed by atoms with Gasteiger partial charge in [-0.05, 0) is 25.3 Å². The highest BCUT2D eigenvalue weighted by atomic mass is 16.5. The van der Waals surface area contributed by atoms with Crippen molar-refractivity contribution in [2.45, 2.75) is 26.2 Å². The SMILES string of the molecule is CC(=O)OCCCC/C=C/C=O. The molecular weight excluding hydrogens is 156 g/mol. The summed E-state index contributed by atoms with van der Waals surface area (Å²) in [7, 11) is 0. The van der Waals surface area contributed by atoms with Crippen LogP contribution in [0.5, 0.6) is 0 Å². The highest BCUT2D eigenvalue weighted by molar-refractivity contribution is 5.65. The normalized spacial score (nSPS) is 10.1. The zero-order chi connectivity index (χ0) is 9.23. The van der Waals surface area contributed by atoms with E-state index in [2.05, 4.69) is 0 Å². The van der Waals surface area contributed by atoms with Crippen LogP contribution >= 0.6 is 0 Å². The summed E-state index contributed by atoms with van der Waals surface area (Å²) in [6.45, 7) is 1.87. The van der Waals surface area contributed by atoms with Gasteiger partial charge in [-0.15, -0.1) is 0 Å². The van der Waals surface area contributed by atoms with E-state index in [9.17, 15) is 9.59 Å². The van der Waals surface area contributed by atoms with Crippen molar-refractivity contribution in [2.24, 2.45) is 0 Å². The second-order valence-electron chi connectivity index (χ2n) is 2.40. The smallest absolute Gasteiger partial charge is 0.302 e. The van der Waals surface area contributed by atoms with Gasteiger partial charge in [0.15, 0.2) is 0 Å². The molecule has 0 aliphatic rings. The fraction of sp³-hybridized carbons (Fsp3) is 0.556. The predicted molar refractivity (Wildman–Crippen MR) is 45.7 cm³/mol. The molecule has 0 aromatic heterocycles. The van der Waals surface area contributed by atoms with Gasteiger partial charge in [0.05, 0.1) is 6.61 Å². The standard InChI is InChI=1S/C9H14O3/c1-9(11)12-8-6-4-2-3-5-7-10/h3,5,7H,2,4,6,8H2,1H3/b5-3+. The van der Waals surface area contributed by atoms with E-state index in [1.807, 2.05) is 0 Å². The minimum Gasteiger partial charge on any atom is -0.466 e. The maximum atomic E-state index is 10.3. The van der Waals surface area contributed by atoms with E-state index in [1.54, 1.807) is 6.08 Å². The topological polar surface area (TPSA) is 43.4 Å². The summed E-state index contributed by atoms with van der Waals surface area (Å²) in [6.07, 6.45) is 6.69. The average molecular weight is 170 g/mol. The second kappa shape index (κ2) is 7.98. The molecule has 0 radical (unpaired) electrons. The largest absolute Gasteiger partial charge is 0.466 e. The minimum absolute atomic E-state index is 0.238. The van der Waals surface area contributed by atoms with E-state index >= 15 is 0 Å². The maximum absolute atomic E-state index is 10.3. The first-order chi connectivity index (χ1) is 5.77. The fourth-order valence-corrected chi connectivity index (χ4v) is 0.732. The van der Waals surface area contributed by atoms with Crippen molar-refractivity contribution in [3.05, 3.63) is 12.2 Å². The van der Waals surface area contributed by atoms with Crippen molar-refractivity contribution in [1.82, 2.24) is 0 Å². The molecule has 0 bridgehead atoms. The summed E-state index contributed by atoms with van der Waals surface area (Å²) >= 11 is 0. The maximum Gasteiger partial charge on any atom is 0.302 e. The first-order valence-electron chi connectivity index (χ1n) is 4.01. The molecule has 0 fully saturated rings. The van der Waals surface area contributed by atoms with Crippen LogP contribution in [0.4, 0.5) is 0 Å². The Morgan fingerprint density at radius 2 is 2.17 bits per heavy atom. The fourth-order valence-electron chi connectivity index (χ4n) is 0.732. The zero-order valence-corrected chi connectivity index (χ0v) is 7.29. The lowest BCUT2D eigenvalue weighted by atomic mass is 10.2. The van der Waals surface area contributed by atoms with Crippen LogP contribution in [-0.2, 0) is 14.3 Å². The molecule has 0 spiro atoms. The van der Waals surface area contributed by atoms with E-state index in [0.717, 1.165) is 25.5 Å². The Kier molecular flexibility index (Phi) is 7.24. The van der Waals surface area contributed by atoms with Crippen molar-refractivity contribution >= 4 is 12.3 Å². The Bertz CT molecular complexity index is 161. The molecule has 0 amide bonds. The van der Waals surface area contributed by atoms with Crippen LogP contribution in [0, 0.1) is 0 Å². The lowest BCUT2D eigenvalue weighted by molar-refractivity contribution is -0.141. The van der Waals surface area contributed by atoms with Crippen molar-refractivity contribution in [1.29, 1.82) is 0 Å². The van der Waals surface area contributed by atoms with E-state index in [1.165, 1.54) is 13.0 Å². The Morgan fingerprint density at radius 1 is 1.42 bits per heavy atom. The molecule has 3 nitrogen and oxygen atoms in total. The third-order valence-corrected chi connectivity index (χ3v) is 1.29. The first-order valence-corrected chi connectivity index (χ1v) is 4.01. The van der Waals surface area contributed by atoms with E-state index < -0.39 is 0 Å². The van der Waals surface area contributed by atoms with Gasteiger partial charge in [0.1, 0.15) is 6.29 Å². The first kappa shape index (κ1) is 10.9. The number of hydrogen-bond donors (Lipinski definition) is 0. The van der Waals surface area contributed by atoms with Gasteiger partial charge in [0, 0.05) is 6.92 Å². The molecule has 0 atom stereocenters. The minimum atomic E-state index is -0.238. The van der Waals surface area contributed by atoms with Crippen LogP contribution in [0.25, 0.3) is 0 Å². The number of aldehydes is 1. The third kappa shape index (κ3) is 8.88. The van der Waals surface area contributed by atoms with Crippen LogP contribution in [0.15, 0.2) is 12.2 Å². The van der Waals surface area contributed by atoms with Crippen LogP contribution in [0.3, 0.4) is 0 Å². The summed E-state index contributed by atoms with van der Waals surface area (Å²) in [6, 6.07) is 0. The van der Waals surface area contributed by atoms with Gasteiger partial charge in [-0.2, -0.15) is 0 Å². The van der Waals surface area contributed by atoms with Gasteiger partial charge in [-0.3, -0.25) is 9.59 Å². The van der Waals surface area contributed by atoms with Gasteiger partial charge < -0.3 is 4.74 Å². The molecule has 12 heavy (non-hydrogen) atoms.